The monoisotopic (exact) mass is 253 g/mol. The second kappa shape index (κ2) is 5.05. The van der Waals surface area contributed by atoms with E-state index in [1.54, 1.807) is 23.1 Å². The molecule has 1 aromatic heterocycles. The molecule has 4 nitrogen and oxygen atoms in total. The van der Waals surface area contributed by atoms with Crippen molar-refractivity contribution < 1.29 is 4.21 Å². The van der Waals surface area contributed by atoms with Gasteiger partial charge in [0.1, 0.15) is 12.7 Å². The quantitative estimate of drug-likeness (QED) is 0.613. The minimum Gasteiger partial charge on any atom is -0.248 e. The molecule has 0 radical (unpaired) electrons. The molecule has 1 aromatic carbocycles. The lowest BCUT2D eigenvalue weighted by Gasteiger charge is -2.03. The fourth-order valence-corrected chi connectivity index (χ4v) is 1.81. The number of halogens is 1. The standard InChI is InChI=1S/C10H8ClN3OS/c11-9-3-1-8(2-4-9)10(16-15)5-14-7-12-6-13-14/h1-4,6-7H,5H2. The van der Waals surface area contributed by atoms with E-state index in [1.807, 2.05) is 12.1 Å². The lowest BCUT2D eigenvalue weighted by atomic mass is 10.1. The van der Waals surface area contributed by atoms with Crippen molar-refractivity contribution in [1.82, 2.24) is 14.8 Å². The summed E-state index contributed by atoms with van der Waals surface area (Å²) in [5, 5.41) is 4.61. The molecule has 0 saturated carbocycles. The Bertz CT molecular complexity index is 518. The first kappa shape index (κ1) is 11.0. The van der Waals surface area contributed by atoms with Gasteiger partial charge in [-0.1, -0.05) is 23.7 Å². The first-order valence-corrected chi connectivity index (χ1v) is 5.65. The molecule has 0 spiro atoms. The lowest BCUT2D eigenvalue weighted by molar-refractivity contribution is 0.698. The molecule has 2 rings (SSSR count). The second-order valence-electron chi connectivity index (χ2n) is 3.11. The minimum absolute atomic E-state index is 0.426. The van der Waals surface area contributed by atoms with Gasteiger partial charge in [0.15, 0.2) is 0 Å². The van der Waals surface area contributed by atoms with Gasteiger partial charge in [-0.3, -0.25) is 0 Å². The first-order valence-electron chi connectivity index (χ1n) is 4.53. The Labute approximate surface area is 101 Å². The van der Waals surface area contributed by atoms with Crippen LogP contribution in [0.1, 0.15) is 5.56 Å². The lowest BCUT2D eigenvalue weighted by Crippen LogP contribution is -2.11. The van der Waals surface area contributed by atoms with Gasteiger partial charge in [-0.2, -0.15) is 5.10 Å². The van der Waals surface area contributed by atoms with Crippen LogP contribution in [0.25, 0.3) is 0 Å². The third kappa shape index (κ3) is 2.56. The molecule has 0 unspecified atom stereocenters. The summed E-state index contributed by atoms with van der Waals surface area (Å²) in [6, 6.07) is 7.15. The average Bonchev–Trinajstić information content (AvgIpc) is 2.80. The molecule has 0 saturated heterocycles. The largest absolute Gasteiger partial charge is 0.248 e. The minimum atomic E-state index is 0.426. The molecule has 82 valence electrons. The van der Waals surface area contributed by atoms with E-state index in [-0.39, 0.29) is 0 Å². The van der Waals surface area contributed by atoms with Gasteiger partial charge >= 0.3 is 0 Å². The summed E-state index contributed by atoms with van der Waals surface area (Å²) in [6.45, 7) is 0.426. The van der Waals surface area contributed by atoms with Crippen LogP contribution < -0.4 is 0 Å². The molecular weight excluding hydrogens is 246 g/mol. The molecule has 1 heterocycles. The summed E-state index contributed by atoms with van der Waals surface area (Å²) < 4.78 is 12.6. The molecule has 0 fully saturated rings. The van der Waals surface area contributed by atoms with Gasteiger partial charge in [0.2, 0.25) is 0 Å². The SMILES string of the molecule is O=S=C(Cn1cncn1)c1ccc(Cl)cc1. The van der Waals surface area contributed by atoms with Crippen molar-refractivity contribution in [2.45, 2.75) is 6.54 Å². The molecule has 0 N–H and O–H groups in total. The fraction of sp³-hybridized carbons (Fsp3) is 0.100. The molecule has 16 heavy (non-hydrogen) atoms. The van der Waals surface area contributed by atoms with Crippen molar-refractivity contribution in [2.24, 2.45) is 0 Å². The number of hydrogen-bond donors (Lipinski definition) is 0. The van der Waals surface area contributed by atoms with Crippen LogP contribution in [0.5, 0.6) is 0 Å². The van der Waals surface area contributed by atoms with Crippen LogP contribution in [0.15, 0.2) is 36.9 Å². The zero-order chi connectivity index (χ0) is 11.4. The predicted octanol–water partition coefficient (Wildman–Crippen LogP) is 1.37. The van der Waals surface area contributed by atoms with Crippen LogP contribution in [-0.2, 0) is 17.8 Å². The highest BCUT2D eigenvalue weighted by atomic mass is 35.5. The third-order valence-electron chi connectivity index (χ3n) is 2.04. The van der Waals surface area contributed by atoms with Gasteiger partial charge in [-0.05, 0) is 17.7 Å². The highest BCUT2D eigenvalue weighted by Crippen LogP contribution is 2.10. The Hall–Kier alpha value is -1.46. The number of benzene rings is 1. The molecule has 2 aromatic rings. The smallest absolute Gasteiger partial charge is 0.137 e. The number of nitrogens with zero attached hydrogens (tertiary/aromatic N) is 3. The van der Waals surface area contributed by atoms with E-state index in [0.717, 1.165) is 5.56 Å². The summed E-state index contributed by atoms with van der Waals surface area (Å²) in [5.41, 5.74) is 0.861. The van der Waals surface area contributed by atoms with E-state index in [4.69, 9.17) is 11.6 Å². The number of aromatic nitrogens is 3. The maximum atomic E-state index is 11.0. The normalized spacial score (nSPS) is 10.1. The molecule has 6 heteroatoms. The van der Waals surface area contributed by atoms with Crippen molar-refractivity contribution in [1.29, 1.82) is 0 Å². The molecule has 0 atom stereocenters. The Morgan fingerprint density at radius 2 is 2.12 bits per heavy atom. The summed E-state index contributed by atoms with van der Waals surface area (Å²) in [5.74, 6) is 0. The summed E-state index contributed by atoms with van der Waals surface area (Å²) in [4.78, 5) is 4.51. The zero-order valence-corrected chi connectivity index (χ0v) is 9.78. The van der Waals surface area contributed by atoms with Gasteiger partial charge in [-0.15, -0.1) is 0 Å². The van der Waals surface area contributed by atoms with Gasteiger partial charge in [-0.25, -0.2) is 13.9 Å². The Morgan fingerprint density at radius 3 is 2.69 bits per heavy atom. The number of rotatable bonds is 3. The van der Waals surface area contributed by atoms with E-state index < -0.39 is 0 Å². The number of hydrogen-bond acceptors (Lipinski definition) is 3. The molecule has 0 aliphatic heterocycles. The van der Waals surface area contributed by atoms with Crippen LogP contribution in [0, 0.1) is 0 Å². The van der Waals surface area contributed by atoms with E-state index >= 15 is 0 Å². The van der Waals surface area contributed by atoms with Crippen LogP contribution in [0.2, 0.25) is 5.02 Å². The van der Waals surface area contributed by atoms with Crippen molar-refractivity contribution in [3.05, 3.63) is 47.5 Å². The summed E-state index contributed by atoms with van der Waals surface area (Å²) >= 11 is 6.24. The highest BCUT2D eigenvalue weighted by molar-refractivity contribution is 7.67. The van der Waals surface area contributed by atoms with Crippen molar-refractivity contribution >= 4 is 27.7 Å². The van der Waals surface area contributed by atoms with E-state index in [1.165, 1.54) is 6.33 Å². The Morgan fingerprint density at radius 1 is 1.38 bits per heavy atom. The second-order valence-corrected chi connectivity index (χ2v) is 4.20. The maximum Gasteiger partial charge on any atom is 0.137 e. The zero-order valence-electron chi connectivity index (χ0n) is 8.21. The van der Waals surface area contributed by atoms with E-state index in [9.17, 15) is 4.21 Å². The average molecular weight is 254 g/mol. The highest BCUT2D eigenvalue weighted by Gasteiger charge is 2.04. The molecular formula is C10H8ClN3OS. The first-order chi connectivity index (χ1) is 7.79. The van der Waals surface area contributed by atoms with Gasteiger partial charge < -0.3 is 0 Å². The van der Waals surface area contributed by atoms with Gasteiger partial charge in [0, 0.05) is 5.02 Å². The topological polar surface area (TPSA) is 47.8 Å². The van der Waals surface area contributed by atoms with Gasteiger partial charge in [0.25, 0.3) is 0 Å². The van der Waals surface area contributed by atoms with E-state index in [0.29, 0.717) is 27.7 Å². The molecule has 0 aliphatic carbocycles. The van der Waals surface area contributed by atoms with Crippen molar-refractivity contribution in [3.8, 4) is 0 Å². The predicted molar refractivity (Wildman–Crippen MR) is 63.7 cm³/mol. The van der Waals surface area contributed by atoms with Crippen LogP contribution in [0.3, 0.4) is 0 Å². The van der Waals surface area contributed by atoms with Crippen molar-refractivity contribution in [2.75, 3.05) is 0 Å². The van der Waals surface area contributed by atoms with Crippen LogP contribution in [-0.4, -0.2) is 23.8 Å². The maximum absolute atomic E-state index is 11.0. The Balaban J connectivity index is 2.24. The van der Waals surface area contributed by atoms with Gasteiger partial charge in [0.05, 0.1) is 22.7 Å². The van der Waals surface area contributed by atoms with Crippen LogP contribution >= 0.6 is 11.6 Å². The summed E-state index contributed by atoms with van der Waals surface area (Å²) in [7, 11) is 0. The Kier molecular flexibility index (Phi) is 3.48. The fourth-order valence-electron chi connectivity index (χ4n) is 1.26. The summed E-state index contributed by atoms with van der Waals surface area (Å²) in [6.07, 6.45) is 3.01. The van der Waals surface area contributed by atoms with Crippen LogP contribution in [0.4, 0.5) is 0 Å². The molecule has 0 bridgehead atoms. The third-order valence-corrected chi connectivity index (χ3v) is 2.86. The molecule has 0 aliphatic rings. The van der Waals surface area contributed by atoms with E-state index in [2.05, 4.69) is 10.1 Å². The van der Waals surface area contributed by atoms with Crippen molar-refractivity contribution in [3.63, 3.8) is 0 Å². The molecule has 0 amide bonds.